The first kappa shape index (κ1) is 17.0. The lowest BCUT2D eigenvalue weighted by Crippen LogP contribution is -2.22. The van der Waals surface area contributed by atoms with Crippen LogP contribution < -0.4 is 11.1 Å². The summed E-state index contributed by atoms with van der Waals surface area (Å²) >= 11 is 1.71. The molecule has 0 bridgehead atoms. The number of guanidine groups is 1. The van der Waals surface area contributed by atoms with Gasteiger partial charge in [0.25, 0.3) is 0 Å². The molecule has 0 saturated heterocycles. The third-order valence-electron chi connectivity index (χ3n) is 2.97. The second-order valence-corrected chi connectivity index (χ2v) is 5.41. The molecule has 0 fully saturated rings. The molecule has 20 heavy (non-hydrogen) atoms. The molecule has 0 radical (unpaired) electrons. The molecule has 0 amide bonds. The zero-order valence-corrected chi connectivity index (χ0v) is 14.9. The first-order valence-corrected chi connectivity index (χ1v) is 7.26. The molecule has 0 aliphatic rings. The highest BCUT2D eigenvalue weighted by molar-refractivity contribution is 14.0. The average molecular weight is 401 g/mol. The lowest BCUT2D eigenvalue weighted by molar-refractivity contribution is 1.07. The van der Waals surface area contributed by atoms with E-state index in [2.05, 4.69) is 47.7 Å². The summed E-state index contributed by atoms with van der Waals surface area (Å²) in [7, 11) is 0. The summed E-state index contributed by atoms with van der Waals surface area (Å²) in [5.74, 6) is 0.459. The van der Waals surface area contributed by atoms with E-state index in [-0.39, 0.29) is 24.0 Å². The van der Waals surface area contributed by atoms with Crippen LogP contribution in [0.2, 0.25) is 0 Å². The van der Waals surface area contributed by atoms with Crippen molar-refractivity contribution >= 4 is 47.0 Å². The molecule has 1 heterocycles. The molecule has 2 rings (SSSR count). The Kier molecular flexibility index (Phi) is 7.01. The molecule has 3 N–H and O–H groups in total. The standard InChI is InChI=1S/C15H19N3S.HI/c1-3-12-5-4-6-13(9-12)18-15(16)17-10-14-11(2)7-8-19-14;/h4-9H,3,10H2,1-2H3,(H3,16,17,18);1H. The van der Waals surface area contributed by atoms with Crippen LogP contribution in [0.3, 0.4) is 0 Å². The maximum absolute atomic E-state index is 5.91. The van der Waals surface area contributed by atoms with E-state index in [0.29, 0.717) is 12.5 Å². The number of thiophene rings is 1. The molecule has 2 aromatic rings. The Balaban J connectivity index is 0.00000200. The van der Waals surface area contributed by atoms with E-state index in [0.717, 1.165) is 12.1 Å². The lowest BCUT2D eigenvalue weighted by atomic mass is 10.1. The molecular weight excluding hydrogens is 381 g/mol. The van der Waals surface area contributed by atoms with Crippen LogP contribution in [0, 0.1) is 6.92 Å². The second-order valence-electron chi connectivity index (χ2n) is 4.41. The van der Waals surface area contributed by atoms with Gasteiger partial charge >= 0.3 is 0 Å². The van der Waals surface area contributed by atoms with Gasteiger partial charge in [0.15, 0.2) is 5.96 Å². The van der Waals surface area contributed by atoms with Crippen LogP contribution in [0.4, 0.5) is 5.69 Å². The smallest absolute Gasteiger partial charge is 0.193 e. The molecule has 0 saturated carbocycles. The predicted octanol–water partition coefficient (Wildman–Crippen LogP) is 4.16. The van der Waals surface area contributed by atoms with Gasteiger partial charge in [0.05, 0.1) is 6.54 Å². The highest BCUT2D eigenvalue weighted by Gasteiger charge is 2.00. The van der Waals surface area contributed by atoms with Crippen LogP contribution in [0.1, 0.15) is 22.9 Å². The summed E-state index contributed by atoms with van der Waals surface area (Å²) < 4.78 is 0. The summed E-state index contributed by atoms with van der Waals surface area (Å²) in [5.41, 5.74) is 9.45. The summed E-state index contributed by atoms with van der Waals surface area (Å²) in [6.45, 7) is 4.86. The van der Waals surface area contributed by atoms with Crippen LogP contribution in [0.15, 0.2) is 40.7 Å². The zero-order valence-electron chi connectivity index (χ0n) is 11.7. The zero-order chi connectivity index (χ0) is 13.7. The number of nitrogens with one attached hydrogen (secondary N) is 1. The molecule has 5 heteroatoms. The maximum Gasteiger partial charge on any atom is 0.193 e. The summed E-state index contributed by atoms with van der Waals surface area (Å²) in [6, 6.07) is 10.3. The topological polar surface area (TPSA) is 50.4 Å². The molecule has 1 aromatic carbocycles. The predicted molar refractivity (Wildman–Crippen MR) is 99.2 cm³/mol. The molecule has 3 nitrogen and oxygen atoms in total. The van der Waals surface area contributed by atoms with Crippen molar-refractivity contribution in [3.8, 4) is 0 Å². The number of rotatable bonds is 4. The van der Waals surface area contributed by atoms with Crippen LogP contribution in [0.25, 0.3) is 0 Å². The van der Waals surface area contributed by atoms with Crippen LogP contribution in [0.5, 0.6) is 0 Å². The van der Waals surface area contributed by atoms with Crippen molar-refractivity contribution in [2.75, 3.05) is 5.32 Å². The number of hydrogen-bond acceptors (Lipinski definition) is 2. The Morgan fingerprint density at radius 1 is 1.35 bits per heavy atom. The second kappa shape index (κ2) is 8.26. The van der Waals surface area contributed by atoms with Crippen molar-refractivity contribution < 1.29 is 0 Å². The van der Waals surface area contributed by atoms with E-state index in [4.69, 9.17) is 5.73 Å². The third-order valence-corrected chi connectivity index (χ3v) is 3.98. The normalized spacial score (nSPS) is 11.0. The first-order chi connectivity index (χ1) is 9.19. The molecule has 0 atom stereocenters. The molecule has 0 unspecified atom stereocenters. The third kappa shape index (κ3) is 4.79. The van der Waals surface area contributed by atoms with Gasteiger partial charge in [-0.3, -0.25) is 0 Å². The Hall–Kier alpha value is -1.08. The summed E-state index contributed by atoms with van der Waals surface area (Å²) in [6.07, 6.45) is 1.01. The molecule has 0 spiro atoms. The minimum Gasteiger partial charge on any atom is -0.370 e. The van der Waals surface area contributed by atoms with Crippen LogP contribution in [-0.2, 0) is 13.0 Å². The maximum atomic E-state index is 5.91. The number of nitrogens with two attached hydrogens (primary N) is 1. The van der Waals surface area contributed by atoms with E-state index in [1.807, 2.05) is 12.1 Å². The summed E-state index contributed by atoms with van der Waals surface area (Å²) in [4.78, 5) is 5.63. The molecular formula is C15H20IN3S. The lowest BCUT2D eigenvalue weighted by Gasteiger charge is -2.07. The average Bonchev–Trinajstić information content (AvgIpc) is 2.82. The fourth-order valence-electron chi connectivity index (χ4n) is 1.78. The van der Waals surface area contributed by atoms with Gasteiger partial charge in [-0.2, -0.15) is 0 Å². The molecule has 108 valence electrons. The largest absolute Gasteiger partial charge is 0.370 e. The van der Waals surface area contributed by atoms with E-state index >= 15 is 0 Å². The van der Waals surface area contributed by atoms with E-state index in [1.54, 1.807) is 11.3 Å². The Bertz CT molecular complexity index is 578. The number of aliphatic imine (C=N–C) groups is 1. The van der Waals surface area contributed by atoms with Gasteiger partial charge in [0.1, 0.15) is 0 Å². The quantitative estimate of drug-likeness (QED) is 0.459. The SMILES string of the molecule is CCc1cccc(NC(N)=NCc2sccc2C)c1.I. The number of nitrogens with zero attached hydrogens (tertiary/aromatic N) is 1. The fraction of sp³-hybridized carbons (Fsp3) is 0.267. The van der Waals surface area contributed by atoms with Crippen molar-refractivity contribution in [1.82, 2.24) is 0 Å². The molecule has 1 aromatic heterocycles. The highest BCUT2D eigenvalue weighted by Crippen LogP contribution is 2.16. The number of anilines is 1. The number of benzene rings is 1. The monoisotopic (exact) mass is 401 g/mol. The van der Waals surface area contributed by atoms with Gasteiger partial charge in [-0.1, -0.05) is 19.1 Å². The van der Waals surface area contributed by atoms with Gasteiger partial charge in [0, 0.05) is 10.6 Å². The van der Waals surface area contributed by atoms with E-state index in [1.165, 1.54) is 16.0 Å². The number of aryl methyl sites for hydroxylation is 2. The Morgan fingerprint density at radius 2 is 2.15 bits per heavy atom. The van der Waals surface area contributed by atoms with E-state index < -0.39 is 0 Å². The number of hydrogen-bond donors (Lipinski definition) is 2. The fourth-order valence-corrected chi connectivity index (χ4v) is 2.61. The van der Waals surface area contributed by atoms with Crippen molar-refractivity contribution in [2.24, 2.45) is 10.7 Å². The van der Waals surface area contributed by atoms with Crippen molar-refractivity contribution in [1.29, 1.82) is 0 Å². The van der Waals surface area contributed by atoms with Gasteiger partial charge in [0.2, 0.25) is 0 Å². The Morgan fingerprint density at radius 3 is 2.80 bits per heavy atom. The van der Waals surface area contributed by atoms with Crippen LogP contribution >= 0.6 is 35.3 Å². The molecule has 0 aliphatic heterocycles. The van der Waals surface area contributed by atoms with Gasteiger partial charge in [-0.15, -0.1) is 35.3 Å². The van der Waals surface area contributed by atoms with Crippen LogP contribution in [-0.4, -0.2) is 5.96 Å². The van der Waals surface area contributed by atoms with Gasteiger partial charge in [-0.05, 0) is 48.1 Å². The molecule has 0 aliphatic carbocycles. The van der Waals surface area contributed by atoms with Gasteiger partial charge < -0.3 is 11.1 Å². The van der Waals surface area contributed by atoms with Crippen molar-refractivity contribution in [3.05, 3.63) is 51.7 Å². The first-order valence-electron chi connectivity index (χ1n) is 6.38. The van der Waals surface area contributed by atoms with E-state index in [9.17, 15) is 0 Å². The van der Waals surface area contributed by atoms with Crippen molar-refractivity contribution in [3.63, 3.8) is 0 Å². The minimum atomic E-state index is 0. The highest BCUT2D eigenvalue weighted by atomic mass is 127. The Labute approximate surface area is 141 Å². The number of halogens is 1. The summed E-state index contributed by atoms with van der Waals surface area (Å²) in [5, 5.41) is 5.21. The van der Waals surface area contributed by atoms with Crippen molar-refractivity contribution in [2.45, 2.75) is 26.8 Å². The minimum absolute atomic E-state index is 0. The van der Waals surface area contributed by atoms with Gasteiger partial charge in [-0.25, -0.2) is 4.99 Å².